The van der Waals surface area contributed by atoms with Gasteiger partial charge in [0.05, 0.1) is 0 Å². The van der Waals surface area contributed by atoms with E-state index >= 15 is 4.39 Å². The largest absolute Gasteiger partial charge is 0.471 e. The van der Waals surface area contributed by atoms with Crippen molar-refractivity contribution in [1.82, 2.24) is 0 Å². The van der Waals surface area contributed by atoms with Crippen LogP contribution >= 0.6 is 7.82 Å². The fourth-order valence-corrected chi connectivity index (χ4v) is 2.73. The van der Waals surface area contributed by atoms with Crippen LogP contribution in [0.4, 0.5) is 17.6 Å². The van der Waals surface area contributed by atoms with E-state index in [1.165, 1.54) is 0 Å². The van der Waals surface area contributed by atoms with Gasteiger partial charge in [0.1, 0.15) is 12.0 Å². The van der Waals surface area contributed by atoms with Crippen molar-refractivity contribution >= 4 is 25.5 Å². The molecule has 1 aliphatic rings. The van der Waals surface area contributed by atoms with Crippen LogP contribution in [0.3, 0.4) is 0 Å². The molecular weight excluding hydrogens is 427 g/mol. The monoisotopic (exact) mass is 442 g/mol. The predicted octanol–water partition coefficient (Wildman–Crippen LogP) is -0.279. The molecule has 1 fully saturated rings. The third-order valence-electron chi connectivity index (χ3n) is 3.30. The summed E-state index contributed by atoms with van der Waals surface area (Å²) < 4.78 is 81.5. The van der Waals surface area contributed by atoms with E-state index in [4.69, 9.17) is 9.79 Å². The Morgan fingerprint density at radius 3 is 2.11 bits per heavy atom. The molecule has 0 aromatic heterocycles. The van der Waals surface area contributed by atoms with Gasteiger partial charge in [-0.1, -0.05) is 0 Å². The molecule has 1 heterocycles. The van der Waals surface area contributed by atoms with Gasteiger partial charge in [-0.3, -0.25) is 18.9 Å². The fourth-order valence-electron chi connectivity index (χ4n) is 2.28. The summed E-state index contributed by atoms with van der Waals surface area (Å²) >= 11 is 0. The molecule has 162 valence electrons. The lowest BCUT2D eigenvalue weighted by Crippen LogP contribution is -2.66. The molecular formula is C12H15F4O11P. The third kappa shape index (κ3) is 6.18. The highest BCUT2D eigenvalue weighted by atomic mass is 31.2. The number of halogens is 4. The number of hydrogen-bond donors (Lipinski definition) is 3. The molecule has 16 heteroatoms. The van der Waals surface area contributed by atoms with E-state index in [1.807, 2.05) is 0 Å². The Balaban J connectivity index is 3.43. The van der Waals surface area contributed by atoms with Gasteiger partial charge in [-0.15, -0.1) is 0 Å². The minimum atomic E-state index is -5.67. The van der Waals surface area contributed by atoms with Gasteiger partial charge >= 0.3 is 25.9 Å². The molecule has 0 amide bonds. The summed E-state index contributed by atoms with van der Waals surface area (Å²) in [5.74, 6) is -11.8. The number of Topliss-reactive ketones (excluding diaryl/α,β-unsaturated/α-hetero) is 1. The van der Waals surface area contributed by atoms with Crippen LogP contribution in [0.15, 0.2) is 0 Å². The number of ether oxygens (including phenoxy) is 3. The normalized spacial score (nSPS) is 31.2. The Hall–Kier alpha value is -1.64. The maximum absolute atomic E-state index is 15.1. The zero-order valence-corrected chi connectivity index (χ0v) is 15.0. The van der Waals surface area contributed by atoms with Crippen molar-refractivity contribution in [1.29, 1.82) is 0 Å². The molecule has 11 nitrogen and oxygen atoms in total. The minimum Gasteiger partial charge on any atom is -0.460 e. The minimum absolute atomic E-state index is 0.678. The second kappa shape index (κ2) is 8.39. The Morgan fingerprint density at radius 1 is 1.18 bits per heavy atom. The van der Waals surface area contributed by atoms with E-state index in [0.717, 1.165) is 6.92 Å². The SMILES string of the molecule is CC(=O)OC[C@@]1(F)O[C@H](OP(=O)(O)O)[C@H](C(=O)C(F)(F)F)[C@@H](O)[C@@H]1OC(C)=O. The summed E-state index contributed by atoms with van der Waals surface area (Å²) in [6, 6.07) is 0. The molecule has 1 rings (SSSR count). The Kier molecular flexibility index (Phi) is 7.31. The number of phosphoric ester groups is 1. The molecule has 0 bridgehead atoms. The number of aliphatic hydroxyl groups is 1. The highest BCUT2D eigenvalue weighted by Crippen LogP contribution is 2.47. The average molecular weight is 442 g/mol. The molecule has 0 aliphatic carbocycles. The first kappa shape index (κ1) is 24.4. The molecule has 0 unspecified atom stereocenters. The number of hydrogen-bond acceptors (Lipinski definition) is 9. The number of phosphoric acid groups is 1. The van der Waals surface area contributed by atoms with Crippen molar-refractivity contribution in [3.63, 3.8) is 0 Å². The summed E-state index contributed by atoms with van der Waals surface area (Å²) in [6.07, 6.45) is -14.1. The molecule has 0 aromatic carbocycles. The van der Waals surface area contributed by atoms with Gasteiger partial charge in [-0.25, -0.2) is 8.96 Å². The van der Waals surface area contributed by atoms with Crippen LogP contribution < -0.4 is 0 Å². The molecule has 5 atom stereocenters. The Labute approximate surface area is 153 Å². The molecule has 1 saturated heterocycles. The van der Waals surface area contributed by atoms with E-state index in [2.05, 4.69) is 18.7 Å². The van der Waals surface area contributed by atoms with Crippen molar-refractivity contribution < 1.29 is 70.1 Å². The molecule has 0 spiro atoms. The summed E-state index contributed by atoms with van der Waals surface area (Å²) in [7, 11) is -5.67. The number of carbonyl (C=O) groups is 3. The van der Waals surface area contributed by atoms with Crippen LogP contribution in [0.25, 0.3) is 0 Å². The second-order valence-corrected chi connectivity index (χ2v) is 6.75. The van der Waals surface area contributed by atoms with Crippen LogP contribution in [-0.4, -0.2) is 69.8 Å². The molecule has 0 radical (unpaired) electrons. The lowest BCUT2D eigenvalue weighted by molar-refractivity contribution is -0.350. The smallest absolute Gasteiger partial charge is 0.460 e. The van der Waals surface area contributed by atoms with Gasteiger partial charge in [0.2, 0.25) is 5.78 Å². The number of esters is 2. The van der Waals surface area contributed by atoms with E-state index in [9.17, 15) is 37.2 Å². The third-order valence-corrected chi connectivity index (χ3v) is 3.78. The quantitative estimate of drug-likeness (QED) is 0.281. The van der Waals surface area contributed by atoms with Crippen molar-refractivity contribution in [2.75, 3.05) is 6.61 Å². The van der Waals surface area contributed by atoms with E-state index in [1.54, 1.807) is 0 Å². The maximum atomic E-state index is 15.1. The number of rotatable bonds is 6. The standard InChI is InChI=1S/C12H15F4O11P/c1-4(17)24-3-11(13)9(25-5(2)18)7(19)6(8(20)12(14,15)16)10(26-11)27-28(21,22)23/h6-7,9-10,19H,3H2,1-2H3,(H2,21,22,23)/t6-,7+,9-,10+,11+/m0/s1. The van der Waals surface area contributed by atoms with E-state index < -0.39 is 68.6 Å². The Bertz CT molecular complexity index is 677. The summed E-state index contributed by atoms with van der Waals surface area (Å²) in [5.41, 5.74) is 0. The molecule has 0 aromatic rings. The zero-order valence-electron chi connectivity index (χ0n) is 14.1. The van der Waals surface area contributed by atoms with E-state index in [-0.39, 0.29) is 0 Å². The van der Waals surface area contributed by atoms with Crippen molar-refractivity contribution in [3.05, 3.63) is 0 Å². The fraction of sp³-hybridized carbons (Fsp3) is 0.750. The summed E-state index contributed by atoms with van der Waals surface area (Å²) in [6.45, 7) is -0.00780. The van der Waals surface area contributed by atoms with Crippen LogP contribution in [0, 0.1) is 5.92 Å². The molecule has 3 N–H and O–H groups in total. The summed E-state index contributed by atoms with van der Waals surface area (Å²) in [5, 5.41) is 10.1. The van der Waals surface area contributed by atoms with E-state index in [0.29, 0.717) is 6.92 Å². The van der Waals surface area contributed by atoms with Crippen molar-refractivity contribution in [3.8, 4) is 0 Å². The van der Waals surface area contributed by atoms with Gasteiger partial charge in [0.25, 0.3) is 5.85 Å². The molecule has 0 saturated carbocycles. The first-order valence-electron chi connectivity index (χ1n) is 7.18. The van der Waals surface area contributed by atoms with Crippen molar-refractivity contribution in [2.45, 2.75) is 44.4 Å². The average Bonchev–Trinajstić information content (AvgIpc) is 2.46. The van der Waals surface area contributed by atoms with Crippen molar-refractivity contribution in [2.24, 2.45) is 5.92 Å². The molecule has 1 aliphatic heterocycles. The summed E-state index contributed by atoms with van der Waals surface area (Å²) in [4.78, 5) is 51.2. The van der Waals surface area contributed by atoms with Gasteiger partial charge < -0.3 is 29.1 Å². The second-order valence-electron chi connectivity index (χ2n) is 5.56. The molecule has 28 heavy (non-hydrogen) atoms. The first-order valence-corrected chi connectivity index (χ1v) is 8.71. The van der Waals surface area contributed by atoms with Gasteiger partial charge in [-0.05, 0) is 0 Å². The Morgan fingerprint density at radius 2 is 1.71 bits per heavy atom. The van der Waals surface area contributed by atoms with Gasteiger partial charge in [0, 0.05) is 13.8 Å². The number of ketones is 1. The van der Waals surface area contributed by atoms with Gasteiger partial charge in [-0.2, -0.15) is 13.2 Å². The lowest BCUT2D eigenvalue weighted by atomic mass is 9.86. The highest BCUT2D eigenvalue weighted by Gasteiger charge is 2.64. The number of carbonyl (C=O) groups excluding carboxylic acids is 3. The zero-order chi connectivity index (χ0) is 22.1. The highest BCUT2D eigenvalue weighted by molar-refractivity contribution is 7.46. The number of aliphatic hydroxyl groups excluding tert-OH is 1. The van der Waals surface area contributed by atoms with Gasteiger partial charge in [0.15, 0.2) is 19.0 Å². The maximum Gasteiger partial charge on any atom is 0.471 e. The van der Waals surface area contributed by atoms with Crippen LogP contribution in [0.1, 0.15) is 13.8 Å². The lowest BCUT2D eigenvalue weighted by Gasteiger charge is -2.45. The number of alkyl halides is 4. The van der Waals surface area contributed by atoms with Crippen LogP contribution in [0.5, 0.6) is 0 Å². The predicted molar refractivity (Wildman–Crippen MR) is 74.6 cm³/mol. The van der Waals surface area contributed by atoms with Crippen LogP contribution in [0.2, 0.25) is 0 Å². The van der Waals surface area contributed by atoms with Crippen LogP contribution in [-0.2, 0) is 37.7 Å². The first-order chi connectivity index (χ1) is 12.5. The topological polar surface area (TPSA) is 166 Å².